The Morgan fingerprint density at radius 1 is 1.36 bits per heavy atom. The van der Waals surface area contributed by atoms with Gasteiger partial charge in [-0.2, -0.15) is 0 Å². The fourth-order valence-electron chi connectivity index (χ4n) is 1.38. The molecule has 0 unspecified atom stereocenters. The zero-order valence-electron chi connectivity index (χ0n) is 10.6. The number of hydrogen-bond donors (Lipinski definition) is 1. The third-order valence-corrected chi connectivity index (χ3v) is 6.65. The fraction of sp³-hybridized carbons (Fsp3) is 0.833. The average molecular weight is 214 g/mol. The molecule has 0 radical (unpaired) electrons. The van der Waals surface area contributed by atoms with Crippen LogP contribution in [0.25, 0.3) is 0 Å². The highest BCUT2D eigenvalue weighted by Gasteiger charge is 2.37. The highest BCUT2D eigenvalue weighted by Crippen LogP contribution is 2.41. The summed E-state index contributed by atoms with van der Waals surface area (Å²) in [4.78, 5) is 10.1. The highest BCUT2D eigenvalue weighted by atomic mass is 28.4. The molecule has 0 saturated carbocycles. The maximum Gasteiger partial charge on any atom is 0.188 e. The molecule has 1 N–H and O–H groups in total. The van der Waals surface area contributed by atoms with Crippen molar-refractivity contribution in [2.24, 2.45) is 0 Å². The highest BCUT2D eigenvalue weighted by molar-refractivity contribution is 6.72. The molecule has 0 fully saturated rings. The van der Waals surface area contributed by atoms with Crippen molar-refractivity contribution in [3.63, 3.8) is 0 Å². The van der Waals surface area contributed by atoms with E-state index in [2.05, 4.69) is 33.8 Å². The predicted molar refractivity (Wildman–Crippen MR) is 67.0 cm³/mol. The maximum atomic E-state index is 10.1. The van der Waals surface area contributed by atoms with E-state index in [4.69, 9.17) is 0 Å². The van der Waals surface area contributed by atoms with E-state index >= 15 is 0 Å². The lowest BCUT2D eigenvalue weighted by atomic mass is 10.0. The van der Waals surface area contributed by atoms with Crippen LogP contribution in [0.5, 0.6) is 0 Å². The summed E-state index contributed by atoms with van der Waals surface area (Å²) >= 11 is 0. The SMILES string of the molecule is CCC/C=C(\C)CC(C)(C)[Si](C)(C)O. The van der Waals surface area contributed by atoms with Gasteiger partial charge in [0.15, 0.2) is 8.32 Å². The molecular weight excluding hydrogens is 188 g/mol. The number of unbranched alkanes of at least 4 members (excludes halogenated alkanes) is 1. The molecule has 0 bridgehead atoms. The molecule has 84 valence electrons. The van der Waals surface area contributed by atoms with Gasteiger partial charge in [-0.3, -0.25) is 0 Å². The number of hydrogen-bond acceptors (Lipinski definition) is 1. The molecule has 0 aliphatic rings. The van der Waals surface area contributed by atoms with Gasteiger partial charge in [0, 0.05) is 0 Å². The summed E-state index contributed by atoms with van der Waals surface area (Å²) in [5, 5.41) is 0.0846. The van der Waals surface area contributed by atoms with Crippen LogP contribution in [0.4, 0.5) is 0 Å². The van der Waals surface area contributed by atoms with E-state index in [0.717, 1.165) is 12.8 Å². The second-order valence-corrected chi connectivity index (χ2v) is 9.93. The summed E-state index contributed by atoms with van der Waals surface area (Å²) in [5.41, 5.74) is 1.42. The van der Waals surface area contributed by atoms with Crippen LogP contribution in [0, 0.1) is 0 Å². The van der Waals surface area contributed by atoms with Gasteiger partial charge in [-0.25, -0.2) is 0 Å². The molecule has 0 heterocycles. The van der Waals surface area contributed by atoms with Crippen molar-refractivity contribution < 1.29 is 4.80 Å². The van der Waals surface area contributed by atoms with Crippen LogP contribution in [0.3, 0.4) is 0 Å². The van der Waals surface area contributed by atoms with Crippen molar-refractivity contribution in [2.75, 3.05) is 0 Å². The lowest BCUT2D eigenvalue weighted by Gasteiger charge is -2.35. The van der Waals surface area contributed by atoms with Crippen LogP contribution in [0.1, 0.15) is 47.0 Å². The Bertz CT molecular complexity index is 199. The first kappa shape index (κ1) is 13.9. The Morgan fingerprint density at radius 3 is 2.21 bits per heavy atom. The Kier molecular flexibility index (Phi) is 5.10. The second kappa shape index (κ2) is 5.13. The Morgan fingerprint density at radius 2 is 1.86 bits per heavy atom. The third-order valence-electron chi connectivity index (χ3n) is 3.16. The quantitative estimate of drug-likeness (QED) is 0.539. The molecule has 0 saturated heterocycles. The van der Waals surface area contributed by atoms with Gasteiger partial charge < -0.3 is 4.80 Å². The van der Waals surface area contributed by atoms with Gasteiger partial charge >= 0.3 is 0 Å². The van der Waals surface area contributed by atoms with Crippen molar-refractivity contribution in [3.8, 4) is 0 Å². The van der Waals surface area contributed by atoms with E-state index in [0.29, 0.717) is 0 Å². The molecule has 0 spiro atoms. The number of allylic oxidation sites excluding steroid dienone is 2. The molecule has 0 amide bonds. The zero-order chi connectivity index (χ0) is 11.4. The molecule has 14 heavy (non-hydrogen) atoms. The number of rotatable bonds is 5. The second-order valence-electron chi connectivity index (χ2n) is 5.46. The Balaban J connectivity index is 4.36. The van der Waals surface area contributed by atoms with Crippen molar-refractivity contribution in [3.05, 3.63) is 11.6 Å². The van der Waals surface area contributed by atoms with Crippen molar-refractivity contribution in [2.45, 2.75) is 65.1 Å². The minimum absolute atomic E-state index is 0.0846. The van der Waals surface area contributed by atoms with Gasteiger partial charge in [0.25, 0.3) is 0 Å². The summed E-state index contributed by atoms with van der Waals surface area (Å²) in [6.45, 7) is 12.8. The lowest BCUT2D eigenvalue weighted by Crippen LogP contribution is -2.39. The Hall–Kier alpha value is -0.0831. The van der Waals surface area contributed by atoms with Gasteiger partial charge in [-0.15, -0.1) is 0 Å². The van der Waals surface area contributed by atoms with Gasteiger partial charge in [-0.05, 0) is 37.9 Å². The molecule has 0 aliphatic carbocycles. The summed E-state index contributed by atoms with van der Waals surface area (Å²) in [5.74, 6) is 0. The Labute approximate surface area is 90.4 Å². The molecule has 0 aromatic heterocycles. The zero-order valence-corrected chi connectivity index (χ0v) is 11.6. The monoisotopic (exact) mass is 214 g/mol. The molecule has 0 atom stereocenters. The first-order valence-corrected chi connectivity index (χ1v) is 8.53. The predicted octanol–water partition coefficient (Wildman–Crippen LogP) is 4.10. The van der Waals surface area contributed by atoms with E-state index in [1.54, 1.807) is 0 Å². The van der Waals surface area contributed by atoms with Gasteiger partial charge in [0.1, 0.15) is 0 Å². The van der Waals surface area contributed by atoms with Crippen molar-refractivity contribution in [1.82, 2.24) is 0 Å². The third kappa shape index (κ3) is 4.42. The van der Waals surface area contributed by atoms with Gasteiger partial charge in [0.05, 0.1) is 0 Å². The maximum absolute atomic E-state index is 10.1. The van der Waals surface area contributed by atoms with Crippen LogP contribution in [-0.2, 0) is 0 Å². The normalized spacial score (nSPS) is 14.6. The smallest absolute Gasteiger partial charge is 0.188 e. The molecular formula is C12H26OSi. The van der Waals surface area contributed by atoms with E-state index in [1.807, 2.05) is 13.1 Å². The summed E-state index contributed by atoms with van der Waals surface area (Å²) in [6, 6.07) is 0. The van der Waals surface area contributed by atoms with Crippen LogP contribution in [0.2, 0.25) is 18.1 Å². The van der Waals surface area contributed by atoms with E-state index < -0.39 is 8.32 Å². The van der Waals surface area contributed by atoms with Crippen LogP contribution in [0.15, 0.2) is 11.6 Å². The minimum Gasteiger partial charge on any atom is -0.432 e. The van der Waals surface area contributed by atoms with E-state index in [-0.39, 0.29) is 5.04 Å². The average Bonchev–Trinajstić information content (AvgIpc) is 1.97. The van der Waals surface area contributed by atoms with E-state index in [1.165, 1.54) is 12.0 Å². The van der Waals surface area contributed by atoms with Gasteiger partial charge in [0.2, 0.25) is 0 Å². The molecule has 0 rings (SSSR count). The molecule has 0 aromatic rings. The minimum atomic E-state index is -2.03. The van der Waals surface area contributed by atoms with Crippen LogP contribution in [-0.4, -0.2) is 13.1 Å². The fourth-order valence-corrected chi connectivity index (χ4v) is 2.09. The molecule has 1 nitrogen and oxygen atoms in total. The van der Waals surface area contributed by atoms with E-state index in [9.17, 15) is 4.80 Å². The first-order valence-electron chi connectivity index (χ1n) is 5.58. The standard InChI is InChI=1S/C12H26OSi/c1-7-8-9-11(2)10-12(3,4)14(5,6)13/h9,13H,7-8,10H2,1-6H3/b11-9+. The van der Waals surface area contributed by atoms with Crippen molar-refractivity contribution in [1.29, 1.82) is 0 Å². The first-order chi connectivity index (χ1) is 6.20. The lowest BCUT2D eigenvalue weighted by molar-refractivity contribution is 0.466. The summed E-state index contributed by atoms with van der Waals surface area (Å²) in [7, 11) is -2.03. The van der Waals surface area contributed by atoms with Gasteiger partial charge in [-0.1, -0.05) is 38.8 Å². The summed E-state index contributed by atoms with van der Waals surface area (Å²) in [6.07, 6.45) is 5.71. The molecule has 0 aliphatic heterocycles. The van der Waals surface area contributed by atoms with Crippen LogP contribution >= 0.6 is 0 Å². The largest absolute Gasteiger partial charge is 0.432 e. The topological polar surface area (TPSA) is 20.2 Å². The summed E-state index contributed by atoms with van der Waals surface area (Å²) < 4.78 is 0. The van der Waals surface area contributed by atoms with Crippen LogP contribution < -0.4 is 0 Å². The molecule has 0 aromatic carbocycles. The van der Waals surface area contributed by atoms with Crippen molar-refractivity contribution >= 4 is 8.32 Å². The molecule has 2 heteroatoms.